The molecule has 182 valence electrons. The molecule has 8 nitrogen and oxygen atoms in total. The lowest BCUT2D eigenvalue weighted by atomic mass is 10.1. The number of carbonyl (C=O) groups excluding carboxylic acids is 3. The average molecular weight is 477 g/mol. The van der Waals surface area contributed by atoms with Crippen molar-refractivity contribution in [3.8, 4) is 17.2 Å². The van der Waals surface area contributed by atoms with Crippen LogP contribution in [0.3, 0.4) is 0 Å². The quantitative estimate of drug-likeness (QED) is 0.380. The van der Waals surface area contributed by atoms with Gasteiger partial charge in [-0.3, -0.25) is 14.4 Å². The zero-order chi connectivity index (χ0) is 25.0. The lowest BCUT2D eigenvalue weighted by molar-refractivity contribution is -0.147. The Labute approximate surface area is 204 Å². The first kappa shape index (κ1) is 25.3. The first-order valence-corrected chi connectivity index (χ1v) is 11.2. The van der Waals surface area contributed by atoms with Crippen molar-refractivity contribution in [1.29, 1.82) is 0 Å². The Morgan fingerprint density at radius 2 is 1.20 bits per heavy atom. The molecule has 3 aromatic rings. The number of amides is 2. The second kappa shape index (κ2) is 12.8. The minimum atomic E-state index is -0.625. The van der Waals surface area contributed by atoms with Gasteiger partial charge in [0.2, 0.25) is 5.91 Å². The second-order valence-electron chi connectivity index (χ2n) is 7.61. The van der Waals surface area contributed by atoms with Gasteiger partial charge in [0.25, 0.3) is 5.91 Å². The van der Waals surface area contributed by atoms with Crippen LogP contribution in [0, 0.1) is 0 Å². The Bertz CT molecular complexity index is 1130. The lowest BCUT2D eigenvalue weighted by Gasteiger charge is -2.09. The molecule has 0 spiro atoms. The summed E-state index contributed by atoms with van der Waals surface area (Å²) in [6.45, 7) is 1.63. The van der Waals surface area contributed by atoms with Crippen molar-refractivity contribution in [3.63, 3.8) is 0 Å². The summed E-state index contributed by atoms with van der Waals surface area (Å²) in [7, 11) is 1.60. The highest BCUT2D eigenvalue weighted by Gasteiger charge is 2.11. The van der Waals surface area contributed by atoms with E-state index in [0.29, 0.717) is 22.9 Å². The highest BCUT2D eigenvalue weighted by Crippen LogP contribution is 2.25. The van der Waals surface area contributed by atoms with Crippen LogP contribution in [0.5, 0.6) is 17.2 Å². The van der Waals surface area contributed by atoms with Crippen LogP contribution < -0.4 is 20.1 Å². The van der Waals surface area contributed by atoms with E-state index in [1.165, 1.54) is 0 Å². The first-order valence-electron chi connectivity index (χ1n) is 11.2. The molecule has 0 unspecified atom stereocenters. The van der Waals surface area contributed by atoms with Gasteiger partial charge >= 0.3 is 5.97 Å². The maximum absolute atomic E-state index is 12.1. The molecule has 2 amide bonds. The summed E-state index contributed by atoms with van der Waals surface area (Å²) in [6, 6.07) is 21.5. The van der Waals surface area contributed by atoms with Gasteiger partial charge in [0.15, 0.2) is 6.61 Å². The summed E-state index contributed by atoms with van der Waals surface area (Å²) < 4.78 is 15.8. The van der Waals surface area contributed by atoms with Crippen molar-refractivity contribution >= 4 is 29.2 Å². The van der Waals surface area contributed by atoms with Gasteiger partial charge in [0, 0.05) is 17.8 Å². The van der Waals surface area contributed by atoms with E-state index < -0.39 is 18.5 Å². The third-order valence-electron chi connectivity index (χ3n) is 5.00. The highest BCUT2D eigenvalue weighted by molar-refractivity contribution is 5.94. The molecule has 35 heavy (non-hydrogen) atoms. The number of hydrogen-bond acceptors (Lipinski definition) is 6. The van der Waals surface area contributed by atoms with Crippen molar-refractivity contribution in [2.45, 2.75) is 26.2 Å². The molecular weight excluding hydrogens is 448 g/mol. The number of methoxy groups -OCH3 is 1. The zero-order valence-corrected chi connectivity index (χ0v) is 19.7. The molecule has 0 radical (unpaired) electrons. The normalized spacial score (nSPS) is 10.2. The topological polar surface area (TPSA) is 103 Å². The van der Waals surface area contributed by atoms with E-state index in [9.17, 15) is 14.4 Å². The average Bonchev–Trinajstić information content (AvgIpc) is 2.88. The van der Waals surface area contributed by atoms with E-state index in [0.717, 1.165) is 17.7 Å². The van der Waals surface area contributed by atoms with Crippen LogP contribution in [0.1, 0.15) is 25.3 Å². The summed E-state index contributed by atoms with van der Waals surface area (Å²) in [5, 5.41) is 5.37. The van der Waals surface area contributed by atoms with Gasteiger partial charge in [-0.1, -0.05) is 19.1 Å². The maximum atomic E-state index is 12.1. The number of benzene rings is 3. The molecule has 3 aromatic carbocycles. The predicted octanol–water partition coefficient (Wildman–Crippen LogP) is 4.95. The van der Waals surface area contributed by atoms with Gasteiger partial charge in [0.1, 0.15) is 17.2 Å². The monoisotopic (exact) mass is 476 g/mol. The molecule has 0 heterocycles. The molecular formula is C27H28N2O6. The Morgan fingerprint density at radius 3 is 1.77 bits per heavy atom. The summed E-state index contributed by atoms with van der Waals surface area (Å²) in [4.78, 5) is 36.0. The number of esters is 1. The summed E-state index contributed by atoms with van der Waals surface area (Å²) >= 11 is 0. The Morgan fingerprint density at radius 1 is 0.686 bits per heavy atom. The summed E-state index contributed by atoms with van der Waals surface area (Å²) in [6.07, 6.45) is 0.704. The third-order valence-corrected chi connectivity index (χ3v) is 5.00. The molecule has 0 bridgehead atoms. The number of aryl methyl sites for hydroxylation is 1. The zero-order valence-electron chi connectivity index (χ0n) is 19.7. The smallest absolute Gasteiger partial charge is 0.306 e. The van der Waals surface area contributed by atoms with Gasteiger partial charge in [-0.25, -0.2) is 0 Å². The third kappa shape index (κ3) is 8.51. The van der Waals surface area contributed by atoms with Crippen LogP contribution in [0.4, 0.5) is 11.4 Å². The summed E-state index contributed by atoms with van der Waals surface area (Å²) in [5.41, 5.74) is 2.35. The van der Waals surface area contributed by atoms with Crippen molar-refractivity contribution in [3.05, 3.63) is 78.4 Å². The minimum Gasteiger partial charge on any atom is -0.497 e. The number of rotatable bonds is 11. The number of hydrogen-bond donors (Lipinski definition) is 2. The van der Waals surface area contributed by atoms with Crippen LogP contribution >= 0.6 is 0 Å². The second-order valence-corrected chi connectivity index (χ2v) is 7.61. The lowest BCUT2D eigenvalue weighted by Crippen LogP contribution is -2.21. The number of anilines is 2. The fourth-order valence-corrected chi connectivity index (χ4v) is 3.06. The Balaban J connectivity index is 1.35. The standard InChI is InChI=1S/C27H28N2O6/c1-3-19-4-6-20(7-5-19)29-26(31)18-34-27(32)17-16-25(30)28-21-8-10-23(11-9-21)35-24-14-12-22(33-2)13-15-24/h4-15H,3,16-18H2,1-2H3,(H,28,30)(H,29,31). The van der Waals surface area contributed by atoms with Crippen LogP contribution in [-0.4, -0.2) is 31.5 Å². The van der Waals surface area contributed by atoms with Gasteiger partial charge < -0.3 is 24.8 Å². The van der Waals surface area contributed by atoms with Crippen molar-refractivity contribution in [1.82, 2.24) is 0 Å². The largest absolute Gasteiger partial charge is 0.497 e. The number of carbonyl (C=O) groups is 3. The van der Waals surface area contributed by atoms with E-state index in [-0.39, 0.29) is 18.7 Å². The number of ether oxygens (including phenoxy) is 3. The first-order chi connectivity index (χ1) is 16.9. The Hall–Kier alpha value is -4.33. The van der Waals surface area contributed by atoms with Crippen LogP contribution in [0.15, 0.2) is 72.8 Å². The molecule has 3 rings (SSSR count). The van der Waals surface area contributed by atoms with E-state index in [4.69, 9.17) is 14.2 Å². The SMILES string of the molecule is CCc1ccc(NC(=O)COC(=O)CCC(=O)Nc2ccc(Oc3ccc(OC)cc3)cc2)cc1. The van der Waals surface area contributed by atoms with E-state index in [1.807, 2.05) is 19.1 Å². The van der Waals surface area contributed by atoms with Crippen LogP contribution in [0.2, 0.25) is 0 Å². The van der Waals surface area contributed by atoms with Crippen molar-refractivity contribution in [2.24, 2.45) is 0 Å². The molecule has 2 N–H and O–H groups in total. The van der Waals surface area contributed by atoms with Gasteiger partial charge in [-0.15, -0.1) is 0 Å². The predicted molar refractivity (Wildman–Crippen MR) is 133 cm³/mol. The molecule has 0 atom stereocenters. The minimum absolute atomic E-state index is 0.0664. The molecule has 0 aliphatic heterocycles. The molecule has 0 fully saturated rings. The molecule has 0 aliphatic rings. The molecule has 0 aliphatic carbocycles. The van der Waals surface area contributed by atoms with Crippen molar-refractivity contribution in [2.75, 3.05) is 24.4 Å². The summed E-state index contributed by atoms with van der Waals surface area (Å²) in [5.74, 6) is 0.593. The molecule has 0 saturated carbocycles. The van der Waals surface area contributed by atoms with E-state index in [1.54, 1.807) is 67.8 Å². The van der Waals surface area contributed by atoms with Crippen LogP contribution in [0.25, 0.3) is 0 Å². The van der Waals surface area contributed by atoms with E-state index in [2.05, 4.69) is 10.6 Å². The van der Waals surface area contributed by atoms with Gasteiger partial charge in [-0.05, 0) is 72.6 Å². The Kier molecular flexibility index (Phi) is 9.24. The molecule has 0 saturated heterocycles. The highest BCUT2D eigenvalue weighted by atomic mass is 16.5. The van der Waals surface area contributed by atoms with Gasteiger partial charge in [0.05, 0.1) is 13.5 Å². The fraction of sp³-hybridized carbons (Fsp3) is 0.222. The van der Waals surface area contributed by atoms with Crippen LogP contribution in [-0.2, 0) is 25.5 Å². The fourth-order valence-electron chi connectivity index (χ4n) is 3.06. The molecule has 0 aromatic heterocycles. The number of nitrogens with one attached hydrogen (secondary N) is 2. The van der Waals surface area contributed by atoms with Gasteiger partial charge in [-0.2, -0.15) is 0 Å². The molecule has 8 heteroatoms. The van der Waals surface area contributed by atoms with E-state index >= 15 is 0 Å². The van der Waals surface area contributed by atoms with Crippen molar-refractivity contribution < 1.29 is 28.6 Å². The maximum Gasteiger partial charge on any atom is 0.306 e.